The molecule has 0 bridgehead atoms. The van der Waals surface area contributed by atoms with Crippen LogP contribution in [0, 0.1) is 5.82 Å². The quantitative estimate of drug-likeness (QED) is 0.694. The minimum absolute atomic E-state index is 0.0912. The van der Waals surface area contributed by atoms with Gasteiger partial charge in [-0.15, -0.1) is 0 Å². The number of carboxylic acids is 1. The van der Waals surface area contributed by atoms with E-state index in [-0.39, 0.29) is 21.5 Å². The molecule has 3 aromatic rings. The molecule has 0 radical (unpaired) electrons. The molecule has 1 heterocycles. The molecule has 2 aromatic carbocycles. The van der Waals surface area contributed by atoms with Gasteiger partial charge in [-0.3, -0.25) is 4.79 Å². The van der Waals surface area contributed by atoms with Crippen molar-refractivity contribution in [2.24, 2.45) is 0 Å². The fourth-order valence-corrected chi connectivity index (χ4v) is 2.74. The van der Waals surface area contributed by atoms with E-state index >= 15 is 0 Å². The topological polar surface area (TPSA) is 84.2 Å². The summed E-state index contributed by atoms with van der Waals surface area (Å²) in [6, 6.07) is 14.2. The van der Waals surface area contributed by atoms with E-state index in [1.54, 1.807) is 30.3 Å². The number of amides is 1. The number of nitrogens with zero attached hydrogens (tertiary/aromatic N) is 2. The van der Waals surface area contributed by atoms with Gasteiger partial charge in [0.25, 0.3) is 5.91 Å². The summed E-state index contributed by atoms with van der Waals surface area (Å²) in [6.45, 7) is 0. The highest BCUT2D eigenvalue weighted by molar-refractivity contribution is 9.10. The average molecular weight is 404 g/mol. The van der Waals surface area contributed by atoms with Crippen molar-refractivity contribution in [3.05, 3.63) is 76.1 Å². The molecule has 0 fully saturated rings. The summed E-state index contributed by atoms with van der Waals surface area (Å²) in [5, 5.41) is 15.8. The molecule has 0 spiro atoms. The number of para-hydroxylation sites is 1. The van der Waals surface area contributed by atoms with Crippen molar-refractivity contribution in [1.29, 1.82) is 0 Å². The summed E-state index contributed by atoms with van der Waals surface area (Å²) in [4.78, 5) is 23.7. The maximum Gasteiger partial charge on any atom is 0.357 e. The Morgan fingerprint density at radius 2 is 1.72 bits per heavy atom. The predicted molar refractivity (Wildman–Crippen MR) is 92.6 cm³/mol. The summed E-state index contributed by atoms with van der Waals surface area (Å²) in [5.41, 5.74) is 0.110. The molecule has 0 atom stereocenters. The number of aromatic carboxylic acids is 1. The Balaban J connectivity index is 2.07. The lowest BCUT2D eigenvalue weighted by atomic mass is 10.2. The largest absolute Gasteiger partial charge is 0.476 e. The molecule has 0 saturated carbocycles. The molecule has 0 aliphatic heterocycles. The van der Waals surface area contributed by atoms with Crippen molar-refractivity contribution in [3.63, 3.8) is 0 Å². The van der Waals surface area contributed by atoms with Crippen molar-refractivity contribution in [2.75, 3.05) is 5.32 Å². The highest BCUT2D eigenvalue weighted by Crippen LogP contribution is 2.30. The molecule has 0 aliphatic carbocycles. The van der Waals surface area contributed by atoms with Gasteiger partial charge >= 0.3 is 5.97 Å². The first-order chi connectivity index (χ1) is 12.0. The third-order valence-corrected chi connectivity index (χ3v) is 4.13. The van der Waals surface area contributed by atoms with Crippen LogP contribution in [0.25, 0.3) is 5.69 Å². The third kappa shape index (κ3) is 3.29. The van der Waals surface area contributed by atoms with E-state index in [1.165, 1.54) is 28.9 Å². The number of anilines is 1. The number of carbonyl (C=O) groups excluding carboxylic acids is 1. The number of rotatable bonds is 4. The van der Waals surface area contributed by atoms with E-state index in [4.69, 9.17) is 0 Å². The highest BCUT2D eigenvalue weighted by atomic mass is 79.9. The zero-order valence-electron chi connectivity index (χ0n) is 12.6. The predicted octanol–water partition coefficient (Wildman–Crippen LogP) is 3.72. The second-order valence-corrected chi connectivity index (χ2v) is 5.79. The normalized spacial score (nSPS) is 10.5. The molecular weight excluding hydrogens is 393 g/mol. The molecular formula is C17H11BrFN3O3. The third-order valence-electron chi connectivity index (χ3n) is 3.38. The summed E-state index contributed by atoms with van der Waals surface area (Å²) < 4.78 is 15.2. The number of hydrogen-bond donors (Lipinski definition) is 2. The van der Waals surface area contributed by atoms with E-state index in [0.29, 0.717) is 5.69 Å². The van der Waals surface area contributed by atoms with Crippen LogP contribution in [0.2, 0.25) is 0 Å². The van der Waals surface area contributed by atoms with Crippen LogP contribution in [0.4, 0.5) is 10.2 Å². The molecule has 126 valence electrons. The maximum atomic E-state index is 13.8. The Hall–Kier alpha value is -3.00. The van der Waals surface area contributed by atoms with Gasteiger partial charge < -0.3 is 10.4 Å². The SMILES string of the molecule is O=C(Nc1c(Br)c(C(=O)O)nn1-c1ccccc1)c1ccccc1F. The fourth-order valence-electron chi connectivity index (χ4n) is 2.22. The van der Waals surface area contributed by atoms with Gasteiger partial charge in [0.1, 0.15) is 5.82 Å². The maximum absolute atomic E-state index is 13.8. The Kier molecular flexibility index (Phi) is 4.62. The van der Waals surface area contributed by atoms with Gasteiger partial charge in [0, 0.05) is 0 Å². The number of nitrogens with one attached hydrogen (secondary N) is 1. The van der Waals surface area contributed by atoms with Crippen LogP contribution < -0.4 is 5.32 Å². The monoisotopic (exact) mass is 403 g/mol. The molecule has 3 rings (SSSR count). The van der Waals surface area contributed by atoms with Gasteiger partial charge in [-0.05, 0) is 40.2 Å². The minimum atomic E-state index is -1.26. The van der Waals surface area contributed by atoms with Crippen LogP contribution in [0.15, 0.2) is 59.1 Å². The summed E-state index contributed by atoms with van der Waals surface area (Å²) in [6.07, 6.45) is 0. The Labute approximate surface area is 150 Å². The molecule has 0 unspecified atom stereocenters. The van der Waals surface area contributed by atoms with Crippen molar-refractivity contribution in [3.8, 4) is 5.69 Å². The molecule has 0 saturated heterocycles. The van der Waals surface area contributed by atoms with Crippen molar-refractivity contribution < 1.29 is 19.1 Å². The average Bonchev–Trinajstić information content (AvgIpc) is 2.93. The number of benzene rings is 2. The minimum Gasteiger partial charge on any atom is -0.476 e. The fraction of sp³-hybridized carbons (Fsp3) is 0. The van der Waals surface area contributed by atoms with Gasteiger partial charge in [-0.2, -0.15) is 5.10 Å². The first-order valence-corrected chi connectivity index (χ1v) is 7.91. The molecule has 1 amide bonds. The smallest absolute Gasteiger partial charge is 0.357 e. The van der Waals surface area contributed by atoms with Gasteiger partial charge in [-0.25, -0.2) is 13.9 Å². The summed E-state index contributed by atoms with van der Waals surface area (Å²) in [5.74, 6) is -2.56. The van der Waals surface area contributed by atoms with E-state index < -0.39 is 17.7 Å². The van der Waals surface area contributed by atoms with Gasteiger partial charge in [-0.1, -0.05) is 30.3 Å². The van der Waals surface area contributed by atoms with Gasteiger partial charge in [0.05, 0.1) is 15.7 Å². The van der Waals surface area contributed by atoms with Crippen LogP contribution in [0.1, 0.15) is 20.8 Å². The van der Waals surface area contributed by atoms with Gasteiger partial charge in [0.2, 0.25) is 0 Å². The number of carbonyl (C=O) groups is 2. The standard InChI is InChI=1S/C17H11BrFN3O3/c18-13-14(17(24)25)21-22(10-6-2-1-3-7-10)15(13)20-16(23)11-8-4-5-9-12(11)19/h1-9H,(H,20,23)(H,24,25). The second kappa shape index (κ2) is 6.86. The van der Waals surface area contributed by atoms with E-state index in [9.17, 15) is 19.1 Å². The molecule has 25 heavy (non-hydrogen) atoms. The molecule has 1 aromatic heterocycles. The molecule has 0 aliphatic rings. The van der Waals surface area contributed by atoms with E-state index in [2.05, 4.69) is 26.3 Å². The Morgan fingerprint density at radius 1 is 1.08 bits per heavy atom. The first kappa shape index (κ1) is 16.8. The lowest BCUT2D eigenvalue weighted by Gasteiger charge is -2.10. The van der Waals surface area contributed by atoms with Crippen molar-refractivity contribution in [2.45, 2.75) is 0 Å². The number of halogens is 2. The number of hydrogen-bond acceptors (Lipinski definition) is 3. The van der Waals surface area contributed by atoms with Crippen LogP contribution in [-0.2, 0) is 0 Å². The Bertz CT molecular complexity index is 957. The lowest BCUT2D eigenvalue weighted by Crippen LogP contribution is -2.16. The van der Waals surface area contributed by atoms with Crippen molar-refractivity contribution >= 4 is 33.6 Å². The Morgan fingerprint density at radius 3 is 2.36 bits per heavy atom. The van der Waals surface area contributed by atoms with Crippen LogP contribution >= 0.6 is 15.9 Å². The van der Waals surface area contributed by atoms with Crippen LogP contribution in [0.3, 0.4) is 0 Å². The van der Waals surface area contributed by atoms with E-state index in [1.807, 2.05) is 0 Å². The zero-order valence-corrected chi connectivity index (χ0v) is 14.2. The molecule has 6 nitrogen and oxygen atoms in total. The van der Waals surface area contributed by atoms with Crippen molar-refractivity contribution in [1.82, 2.24) is 9.78 Å². The summed E-state index contributed by atoms with van der Waals surface area (Å²) >= 11 is 3.15. The summed E-state index contributed by atoms with van der Waals surface area (Å²) in [7, 11) is 0. The second-order valence-electron chi connectivity index (χ2n) is 5.00. The first-order valence-electron chi connectivity index (χ1n) is 7.12. The molecule has 2 N–H and O–H groups in total. The van der Waals surface area contributed by atoms with Gasteiger partial charge in [0.15, 0.2) is 11.5 Å². The molecule has 8 heteroatoms. The van der Waals surface area contributed by atoms with Crippen LogP contribution in [-0.4, -0.2) is 26.8 Å². The van der Waals surface area contributed by atoms with E-state index in [0.717, 1.165) is 0 Å². The zero-order chi connectivity index (χ0) is 18.0. The van der Waals surface area contributed by atoms with Crippen LogP contribution in [0.5, 0.6) is 0 Å². The lowest BCUT2D eigenvalue weighted by molar-refractivity contribution is 0.0688. The number of carboxylic acid groups (broad SMARTS) is 1. The highest BCUT2D eigenvalue weighted by Gasteiger charge is 2.24. The number of aromatic nitrogens is 2.